The lowest BCUT2D eigenvalue weighted by molar-refractivity contribution is 0.497. The van der Waals surface area contributed by atoms with Gasteiger partial charge in [0.2, 0.25) is 0 Å². The molecule has 0 spiro atoms. The van der Waals surface area contributed by atoms with E-state index >= 15 is 0 Å². The maximum Gasteiger partial charge on any atom is 0.159 e. The first-order valence-corrected chi connectivity index (χ1v) is 9.33. The average Bonchev–Trinajstić information content (AvgIpc) is 2.93. The van der Waals surface area contributed by atoms with Crippen molar-refractivity contribution >= 4 is 29.6 Å². The van der Waals surface area contributed by atoms with Crippen LogP contribution >= 0.6 is 11.6 Å². The van der Waals surface area contributed by atoms with Gasteiger partial charge in [-0.15, -0.1) is 5.10 Å². The molecule has 1 saturated heterocycles. The van der Waals surface area contributed by atoms with Crippen LogP contribution in [0.1, 0.15) is 25.7 Å². The number of halogens is 1. The number of hydrogen-bond acceptors (Lipinski definition) is 3. The summed E-state index contributed by atoms with van der Waals surface area (Å²) in [6.07, 6.45) is 12.9. The van der Waals surface area contributed by atoms with E-state index in [-0.39, 0.29) is 0 Å². The Balaban J connectivity index is 1.87. The third-order valence-electron chi connectivity index (χ3n) is 4.92. The summed E-state index contributed by atoms with van der Waals surface area (Å²) < 4.78 is 2.05. The number of allylic oxidation sites excluding steroid dienone is 2. The van der Waals surface area contributed by atoms with E-state index in [0.717, 1.165) is 60.6 Å². The molecule has 4 rings (SSSR count). The van der Waals surface area contributed by atoms with Crippen LogP contribution in [-0.4, -0.2) is 28.9 Å². The molecule has 0 atom stereocenters. The van der Waals surface area contributed by atoms with E-state index in [1.165, 1.54) is 5.22 Å². The van der Waals surface area contributed by atoms with Crippen molar-refractivity contribution in [1.29, 1.82) is 0 Å². The number of fused-ring (bicyclic) bond motifs is 1. The van der Waals surface area contributed by atoms with Crippen molar-refractivity contribution in [3.05, 3.63) is 52.0 Å². The Hall–Kier alpha value is -2.04. The number of benzene rings is 1. The highest BCUT2D eigenvalue weighted by molar-refractivity contribution is 6.30. The molecule has 1 fully saturated rings. The summed E-state index contributed by atoms with van der Waals surface area (Å²) in [6, 6.07) is 8.18. The number of rotatable bonds is 2. The molecule has 5 heteroatoms. The SMILES string of the molecule is NC1CCN(c2nn(-c3ccc(Cl)cc3)c3c2=CC=CCCC=3)CC1. The molecule has 2 aromatic rings. The number of nitrogens with two attached hydrogens (primary N) is 1. The molecule has 2 aliphatic rings. The predicted molar refractivity (Wildman–Crippen MR) is 105 cm³/mol. The fourth-order valence-corrected chi connectivity index (χ4v) is 3.61. The highest BCUT2D eigenvalue weighted by Crippen LogP contribution is 2.16. The lowest BCUT2D eigenvalue weighted by atomic mass is 10.1. The van der Waals surface area contributed by atoms with Crippen LogP contribution in [0.4, 0.5) is 5.82 Å². The molecule has 1 aliphatic carbocycles. The van der Waals surface area contributed by atoms with Crippen LogP contribution in [-0.2, 0) is 0 Å². The minimum Gasteiger partial charge on any atom is -0.355 e. The molecule has 0 radical (unpaired) electrons. The summed E-state index contributed by atoms with van der Waals surface area (Å²) >= 11 is 6.06. The summed E-state index contributed by atoms with van der Waals surface area (Å²) in [6.45, 7) is 1.92. The van der Waals surface area contributed by atoms with Gasteiger partial charge >= 0.3 is 0 Å². The van der Waals surface area contributed by atoms with Crippen LogP contribution in [0.15, 0.2) is 36.4 Å². The molecule has 4 nitrogen and oxygen atoms in total. The van der Waals surface area contributed by atoms with E-state index in [4.69, 9.17) is 22.4 Å². The summed E-state index contributed by atoms with van der Waals surface area (Å²) in [5, 5.41) is 8.08. The van der Waals surface area contributed by atoms with E-state index in [0.29, 0.717) is 6.04 Å². The van der Waals surface area contributed by atoms with Crippen molar-refractivity contribution in [2.45, 2.75) is 31.7 Å². The topological polar surface area (TPSA) is 47.1 Å². The Kier molecular flexibility index (Phi) is 4.64. The van der Waals surface area contributed by atoms with Crippen molar-refractivity contribution in [3.8, 4) is 5.69 Å². The summed E-state index contributed by atoms with van der Waals surface area (Å²) in [4.78, 5) is 2.37. The zero-order chi connectivity index (χ0) is 17.2. The van der Waals surface area contributed by atoms with Crippen molar-refractivity contribution in [2.24, 2.45) is 5.73 Å². The molecule has 130 valence electrons. The van der Waals surface area contributed by atoms with Crippen LogP contribution in [0.3, 0.4) is 0 Å². The molecule has 0 amide bonds. The van der Waals surface area contributed by atoms with Crippen molar-refractivity contribution in [3.63, 3.8) is 0 Å². The fraction of sp³-hybridized carbons (Fsp3) is 0.350. The second-order valence-electron chi connectivity index (χ2n) is 6.71. The van der Waals surface area contributed by atoms with Gasteiger partial charge in [0.25, 0.3) is 0 Å². The van der Waals surface area contributed by atoms with Gasteiger partial charge in [-0.3, -0.25) is 0 Å². The predicted octanol–water partition coefficient (Wildman–Crippen LogP) is 2.36. The number of nitrogens with zero attached hydrogens (tertiary/aromatic N) is 3. The molecule has 25 heavy (non-hydrogen) atoms. The standard InChI is InChI=1S/C20H23ClN4/c21-15-7-9-17(10-8-15)25-19-6-4-2-1-3-5-18(19)20(23-25)24-13-11-16(22)12-14-24/h1,3,5-10,16H,2,4,11-14,22H2. The van der Waals surface area contributed by atoms with Crippen molar-refractivity contribution < 1.29 is 0 Å². The van der Waals surface area contributed by atoms with Crippen LogP contribution in [0.5, 0.6) is 0 Å². The molecule has 1 aromatic carbocycles. The Bertz CT molecular complexity index is 887. The minimum absolute atomic E-state index is 0.312. The lowest BCUT2D eigenvalue weighted by Crippen LogP contribution is -2.42. The molecule has 2 heterocycles. The zero-order valence-corrected chi connectivity index (χ0v) is 15.0. The summed E-state index contributed by atoms with van der Waals surface area (Å²) in [5.41, 5.74) is 7.12. The molecule has 2 N–H and O–H groups in total. The van der Waals surface area contributed by atoms with Gasteiger partial charge in [-0.25, -0.2) is 4.68 Å². The highest BCUT2D eigenvalue weighted by atomic mass is 35.5. The Labute approximate surface area is 152 Å². The van der Waals surface area contributed by atoms with Crippen LogP contribution < -0.4 is 21.2 Å². The monoisotopic (exact) mass is 354 g/mol. The first kappa shape index (κ1) is 16.4. The first-order chi connectivity index (χ1) is 12.2. The number of aromatic nitrogens is 2. The van der Waals surface area contributed by atoms with Gasteiger partial charge in [-0.05, 0) is 56.0 Å². The largest absolute Gasteiger partial charge is 0.355 e. The summed E-state index contributed by atoms with van der Waals surface area (Å²) in [7, 11) is 0. The maximum atomic E-state index is 6.08. The Morgan fingerprint density at radius 1 is 1.08 bits per heavy atom. The molecule has 0 saturated carbocycles. The van der Waals surface area contributed by atoms with Crippen LogP contribution in [0, 0.1) is 0 Å². The van der Waals surface area contributed by atoms with Gasteiger partial charge in [0.15, 0.2) is 5.82 Å². The van der Waals surface area contributed by atoms with Gasteiger partial charge < -0.3 is 10.6 Å². The second kappa shape index (κ2) is 7.06. The van der Waals surface area contributed by atoms with E-state index in [9.17, 15) is 0 Å². The number of hydrogen-bond donors (Lipinski definition) is 1. The van der Waals surface area contributed by atoms with E-state index in [1.807, 2.05) is 28.9 Å². The average molecular weight is 355 g/mol. The summed E-state index contributed by atoms with van der Waals surface area (Å²) in [5.74, 6) is 1.06. The fourth-order valence-electron chi connectivity index (χ4n) is 3.49. The molecule has 0 unspecified atom stereocenters. The van der Waals surface area contributed by atoms with Gasteiger partial charge in [0, 0.05) is 29.4 Å². The maximum absolute atomic E-state index is 6.08. The van der Waals surface area contributed by atoms with E-state index < -0.39 is 0 Å². The highest BCUT2D eigenvalue weighted by Gasteiger charge is 2.21. The lowest BCUT2D eigenvalue weighted by Gasteiger charge is -2.30. The first-order valence-electron chi connectivity index (χ1n) is 8.95. The van der Waals surface area contributed by atoms with Crippen LogP contribution in [0.2, 0.25) is 5.02 Å². The third kappa shape index (κ3) is 3.37. The molecule has 1 aromatic heterocycles. The van der Waals surface area contributed by atoms with Gasteiger partial charge in [0.05, 0.1) is 11.0 Å². The third-order valence-corrected chi connectivity index (χ3v) is 5.17. The van der Waals surface area contributed by atoms with E-state index in [1.54, 1.807) is 0 Å². The smallest absolute Gasteiger partial charge is 0.159 e. The number of anilines is 1. The van der Waals surface area contributed by atoms with Gasteiger partial charge in [0.1, 0.15) is 0 Å². The molecule has 1 aliphatic heterocycles. The Morgan fingerprint density at radius 3 is 2.60 bits per heavy atom. The number of piperidine rings is 1. The van der Waals surface area contributed by atoms with Crippen molar-refractivity contribution in [1.82, 2.24) is 9.78 Å². The zero-order valence-electron chi connectivity index (χ0n) is 14.2. The van der Waals surface area contributed by atoms with E-state index in [2.05, 4.69) is 29.2 Å². The Morgan fingerprint density at radius 2 is 1.84 bits per heavy atom. The minimum atomic E-state index is 0.312. The molecule has 0 bridgehead atoms. The quantitative estimate of drug-likeness (QED) is 0.900. The normalized spacial score (nSPS) is 18.1. The van der Waals surface area contributed by atoms with Crippen molar-refractivity contribution in [2.75, 3.05) is 18.0 Å². The molecular formula is C20H23ClN4. The van der Waals surface area contributed by atoms with Crippen LogP contribution in [0.25, 0.3) is 17.8 Å². The van der Waals surface area contributed by atoms with Gasteiger partial charge in [-0.2, -0.15) is 0 Å². The van der Waals surface area contributed by atoms with Gasteiger partial charge in [-0.1, -0.05) is 29.8 Å². The molecular weight excluding hydrogens is 332 g/mol. The second-order valence-corrected chi connectivity index (χ2v) is 7.15.